The number of methoxy groups -OCH3 is 2. The molecular formula is C74H86B2F4N18O17P2. The lowest BCUT2D eigenvalue weighted by Crippen LogP contribution is -2.43. The van der Waals surface area contributed by atoms with Crippen LogP contribution in [0.4, 0.5) is 17.6 Å². The van der Waals surface area contributed by atoms with Gasteiger partial charge in [0.25, 0.3) is 5.97 Å². The molecule has 0 bridgehead atoms. The summed E-state index contributed by atoms with van der Waals surface area (Å²) in [6.45, 7) is 23.2. The number of aryl methyl sites for hydroxylation is 4. The van der Waals surface area contributed by atoms with E-state index in [0.717, 1.165) is 6.92 Å². The van der Waals surface area contributed by atoms with Crippen molar-refractivity contribution in [2.45, 2.75) is 152 Å². The molecule has 0 spiro atoms. The number of rotatable bonds is 29. The molecule has 0 amide bonds. The highest BCUT2D eigenvalue weighted by Crippen LogP contribution is 2.63. The van der Waals surface area contributed by atoms with Crippen molar-refractivity contribution in [1.29, 1.82) is 0 Å². The Labute approximate surface area is 670 Å². The SMILES string of the molecule is CC(=O)O.[BH3-][P+](OCC[N+]#[C-])(OCC1OC(n2cnc3c(C)ncnc32)C(O)[C@H]1F)OC1[C@@H](CO)O[C@@H](n2cnc3c(C)ncnc32)[C@H]1F.[BH3-][P+](OCC[N+]#[C-])(OCC1OC(n2cnc3c(C)ncnc32)C(OC(c2ccccc2)(c2ccc(OC)cc2)c2ccc(OC)cc2)[C@H]1F)OC1[C@@H](CC)O[C@@H](n2cnc3c(C)ncnc32)[C@H]1F. The van der Waals surface area contributed by atoms with Gasteiger partial charge < -0.3 is 58.2 Å². The Balaban J connectivity index is 0.000000209. The van der Waals surface area contributed by atoms with Crippen molar-refractivity contribution in [3.05, 3.63) is 192 Å². The van der Waals surface area contributed by atoms with Crippen LogP contribution >= 0.6 is 15.6 Å². The van der Waals surface area contributed by atoms with E-state index in [1.165, 1.54) is 53.4 Å². The molecule has 4 fully saturated rings. The molecule has 3 aromatic carbocycles. The lowest BCUT2D eigenvalue weighted by Gasteiger charge is -2.39. The molecule has 35 nitrogen and oxygen atoms in total. The first-order chi connectivity index (χ1) is 56.4. The summed E-state index contributed by atoms with van der Waals surface area (Å²) in [5.41, 5.74) is 6.66. The Morgan fingerprint density at radius 1 is 0.504 bits per heavy atom. The number of alkyl halides is 4. The molecule has 4 saturated heterocycles. The number of aliphatic hydroxyl groups is 2. The van der Waals surface area contributed by atoms with Gasteiger partial charge in [-0.2, -0.15) is 0 Å². The van der Waals surface area contributed by atoms with Crippen molar-refractivity contribution >= 4 is 81.4 Å². The van der Waals surface area contributed by atoms with Crippen molar-refractivity contribution in [1.82, 2.24) is 78.1 Å². The number of carboxylic acids is 1. The normalized spacial score (nSPS) is 25.5. The first-order valence-corrected chi connectivity index (χ1v) is 38.3. The van der Waals surface area contributed by atoms with E-state index in [-0.39, 0.29) is 39.5 Å². The van der Waals surface area contributed by atoms with Gasteiger partial charge in [0.2, 0.25) is 43.9 Å². The summed E-state index contributed by atoms with van der Waals surface area (Å²) in [6, 6.07) is 24.5. The average molecular weight is 1660 g/mol. The molecule has 18 atom stereocenters. The number of hydrogen-bond donors (Lipinski definition) is 3. The smallest absolute Gasteiger partial charge is 0.300 e. The minimum absolute atomic E-state index is 0.00554. The number of aliphatic hydroxyl groups excluding tert-OH is 2. The summed E-state index contributed by atoms with van der Waals surface area (Å²) in [5.74, 6) is 0.408. The van der Waals surface area contributed by atoms with Crippen LogP contribution in [0.2, 0.25) is 0 Å². The van der Waals surface area contributed by atoms with Gasteiger partial charge in [0.1, 0.15) is 108 Å². The van der Waals surface area contributed by atoms with Crippen LogP contribution in [0.3, 0.4) is 0 Å². The predicted octanol–water partition coefficient (Wildman–Crippen LogP) is 7.52. The van der Waals surface area contributed by atoms with Crippen LogP contribution in [0.5, 0.6) is 11.5 Å². The predicted molar refractivity (Wildman–Crippen MR) is 420 cm³/mol. The Hall–Kier alpha value is -9.90. The first-order valence-electron chi connectivity index (χ1n) is 36.1. The molecule has 12 heterocycles. The number of hydrogen-bond acceptors (Lipinski definition) is 28. The zero-order valence-corrected chi connectivity index (χ0v) is 64.8. The molecule has 4 aliphatic rings. The highest BCUT2D eigenvalue weighted by Gasteiger charge is 2.58. The topological polar surface area (TPSA) is 381 Å². The highest BCUT2D eigenvalue weighted by molar-refractivity contribution is 7.86. The molecule has 0 aliphatic carbocycles. The molecule has 0 radical (unpaired) electrons. The third kappa shape index (κ3) is 17.7. The third-order valence-corrected chi connectivity index (χ3v) is 21.7. The maximum Gasteiger partial charge on any atom is 0.300 e. The number of fused-ring (bicyclic) bond motifs is 4. The number of carboxylic acid groups (broad SMARTS) is 1. The van der Waals surface area contributed by atoms with Crippen LogP contribution < -0.4 is 9.47 Å². The molecule has 11 aromatic rings. The molecule has 8 aromatic heterocycles. The number of aromatic nitrogens is 16. The van der Waals surface area contributed by atoms with Gasteiger partial charge in [-0.1, -0.05) is 61.5 Å². The van der Waals surface area contributed by atoms with E-state index in [2.05, 4.69) is 69.5 Å². The van der Waals surface area contributed by atoms with E-state index < -0.39 is 147 Å². The number of aliphatic carboxylic acids is 1. The zero-order chi connectivity index (χ0) is 83.0. The van der Waals surface area contributed by atoms with Gasteiger partial charge in [-0.05, 0) is 75.1 Å². The first kappa shape index (κ1) is 85.0. The van der Waals surface area contributed by atoms with E-state index in [1.807, 2.05) is 92.7 Å². The third-order valence-electron chi connectivity index (χ3n) is 19.3. The molecule has 3 N–H and O–H groups in total. The van der Waals surface area contributed by atoms with Crippen LogP contribution in [0.1, 0.15) is 84.6 Å². The van der Waals surface area contributed by atoms with Crippen molar-refractivity contribution in [3.63, 3.8) is 0 Å². The molecule has 10 unspecified atom stereocenters. The number of imidazole rings is 4. The number of benzene rings is 3. The summed E-state index contributed by atoms with van der Waals surface area (Å²) in [5, 5.41) is 28.3. The quantitative estimate of drug-likeness (QED) is 0.0102. The molecular weight excluding hydrogens is 1570 g/mol. The van der Waals surface area contributed by atoms with Crippen LogP contribution in [0, 0.1) is 40.8 Å². The fourth-order valence-electron chi connectivity index (χ4n) is 13.7. The Kier molecular flexibility index (Phi) is 26.8. The van der Waals surface area contributed by atoms with Gasteiger partial charge in [-0.25, -0.2) is 118 Å². The maximum absolute atomic E-state index is 18.1. The Bertz CT molecular complexity index is 5280. The molecule has 4 aliphatic heterocycles. The summed E-state index contributed by atoms with van der Waals surface area (Å²) in [7, 11) is -5.52. The molecule has 15 rings (SSSR count). The molecule has 117 heavy (non-hydrogen) atoms. The van der Waals surface area contributed by atoms with Crippen molar-refractivity contribution in [2.75, 3.05) is 60.3 Å². The van der Waals surface area contributed by atoms with Gasteiger partial charge in [0.05, 0.1) is 75.0 Å². The van der Waals surface area contributed by atoms with E-state index in [0.29, 0.717) is 102 Å². The number of halogens is 4. The lowest BCUT2D eigenvalue weighted by atomic mass is 9.79. The van der Waals surface area contributed by atoms with E-state index in [4.69, 9.17) is 83.3 Å². The van der Waals surface area contributed by atoms with Crippen LogP contribution in [0.15, 0.2) is 129 Å². The minimum atomic E-state index is -3.33. The summed E-state index contributed by atoms with van der Waals surface area (Å²) in [4.78, 5) is 67.4. The van der Waals surface area contributed by atoms with Crippen molar-refractivity contribution < 1.29 is 98.0 Å². The van der Waals surface area contributed by atoms with E-state index >= 15 is 17.6 Å². The Morgan fingerprint density at radius 3 is 1.26 bits per heavy atom. The van der Waals surface area contributed by atoms with Crippen LogP contribution in [-0.4, -0.2) is 248 Å². The Morgan fingerprint density at radius 2 is 0.863 bits per heavy atom. The van der Waals surface area contributed by atoms with Crippen LogP contribution in [-0.2, 0) is 61.2 Å². The lowest BCUT2D eigenvalue weighted by molar-refractivity contribution is -0.134. The second-order valence-corrected chi connectivity index (χ2v) is 28.8. The summed E-state index contributed by atoms with van der Waals surface area (Å²) in [6.07, 6.45) is -9.83. The second kappa shape index (κ2) is 36.9. The minimum Gasteiger partial charge on any atom is -0.497 e. The largest absolute Gasteiger partial charge is 0.497 e. The van der Waals surface area contributed by atoms with Crippen molar-refractivity contribution in [2.24, 2.45) is 0 Å². The second-order valence-electron chi connectivity index (χ2n) is 26.5. The standard InChI is InChI=1S/C47H51BF2N9O8P.C25H31BF2N9O7P.C2H4O2/c1-7-35-41(38(50)45(64-35)58-26-56-39-28(2)52-24-54-43(39)58)67-68(48,62-22-21-51-4)63-23-36-37(49)42(46(65-36)59-27-57-40-29(3)53-25-55-44(40)59)66-47(30-11-9-8-10-12-30,31-13-17-33(60-5)18-14-31)32-15-19-34(61-6)20-16-32;1-12-18-22(32-8-30-12)36(10-34-18)24-17(28)21(14(6-38)42-24)44-45(26,40-5-4-29-3)41-7-15-16(27)20(39)25(43-15)37-11-35-19-13(2)31-9-33-23(19)37;1-2(3)4/h8-20,24-27,35-38,41-42,45-46H,7,21-23H2,1-3,5-6,48H3;8-11,14-17,20-21,24-25,38-39H,4-7H2,1-2,26H3;1H3,(H,3,4)/t35-,36?,37+,38+,41?,42?,45-,46?,68?;14-,15?,16+,17+,20?,21?,24-,25?,45?;/m11./s1. The molecule has 0 saturated carbocycles. The number of carbonyl (C=O) groups is 1. The van der Waals surface area contributed by atoms with E-state index in [9.17, 15) is 10.2 Å². The number of nitrogens with zero attached hydrogens (tertiary/aromatic N) is 18. The van der Waals surface area contributed by atoms with Gasteiger partial charge >= 0.3 is 0 Å². The van der Waals surface area contributed by atoms with Gasteiger partial charge in [-0.3, -0.25) is 23.1 Å². The van der Waals surface area contributed by atoms with E-state index in [1.54, 1.807) is 50.5 Å². The summed E-state index contributed by atoms with van der Waals surface area (Å²) < 4.78 is 154. The monoisotopic (exact) mass is 1660 g/mol. The average Bonchev–Trinajstić information content (AvgIpc) is 1.72. The van der Waals surface area contributed by atoms with Crippen molar-refractivity contribution in [3.8, 4) is 11.5 Å². The fourth-order valence-corrected chi connectivity index (χ4v) is 15.9. The van der Waals surface area contributed by atoms with Gasteiger partial charge in [0.15, 0.2) is 97.6 Å². The molecule has 43 heteroatoms. The zero-order valence-electron chi connectivity index (χ0n) is 63.0. The fraction of sp³-hybridized carbons (Fsp3) is 0.446. The summed E-state index contributed by atoms with van der Waals surface area (Å²) >= 11 is 0. The number of ether oxygens (including phenoxy) is 7. The van der Waals surface area contributed by atoms with Gasteiger partial charge in [0, 0.05) is 6.92 Å². The maximum atomic E-state index is 18.1. The van der Waals surface area contributed by atoms with Gasteiger partial charge in [-0.15, -0.1) is 0 Å². The van der Waals surface area contributed by atoms with Crippen LogP contribution in [0.25, 0.3) is 54.3 Å². The highest BCUT2D eigenvalue weighted by atomic mass is 31.2. The molecule has 618 valence electrons.